The molecule has 0 amide bonds. The topological polar surface area (TPSA) is 43.6 Å². The number of aryl methyl sites for hydroxylation is 2. The average Bonchev–Trinajstić information content (AvgIpc) is 2.73. The summed E-state index contributed by atoms with van der Waals surface area (Å²) in [5.41, 5.74) is 1.01. The van der Waals surface area contributed by atoms with Crippen molar-refractivity contribution in [2.24, 2.45) is 0 Å². The van der Waals surface area contributed by atoms with Gasteiger partial charge in [-0.25, -0.2) is 9.67 Å². The lowest BCUT2D eigenvalue weighted by Gasteiger charge is -2.08. The van der Waals surface area contributed by atoms with Crippen molar-refractivity contribution in [2.75, 3.05) is 0 Å². The summed E-state index contributed by atoms with van der Waals surface area (Å²) in [6, 6.07) is 3.65. The Kier molecular flexibility index (Phi) is 3.59. The van der Waals surface area contributed by atoms with Crippen molar-refractivity contribution in [3.8, 4) is 0 Å². The number of aromatic nitrogens is 4. The van der Waals surface area contributed by atoms with Gasteiger partial charge in [0.25, 0.3) is 0 Å². The highest BCUT2D eigenvalue weighted by atomic mass is 19.4. The van der Waals surface area contributed by atoms with E-state index in [0.717, 1.165) is 16.6 Å². The zero-order chi connectivity index (χ0) is 13.0. The molecule has 2 aromatic heterocycles. The van der Waals surface area contributed by atoms with Crippen LogP contribution >= 0.6 is 0 Å². The second-order valence-electron chi connectivity index (χ2n) is 3.80. The highest BCUT2D eigenvalue weighted by Gasteiger charge is 2.29. The summed E-state index contributed by atoms with van der Waals surface area (Å²) in [5.74, 6) is 0.337. The highest BCUT2D eigenvalue weighted by Crippen LogP contribution is 2.17. The molecule has 0 atom stereocenters. The molecule has 0 saturated carbocycles. The van der Waals surface area contributed by atoms with Crippen LogP contribution in [0.4, 0.5) is 13.2 Å². The first kappa shape index (κ1) is 12.5. The Morgan fingerprint density at radius 2 is 1.83 bits per heavy atom. The van der Waals surface area contributed by atoms with Crippen molar-refractivity contribution in [3.63, 3.8) is 0 Å². The van der Waals surface area contributed by atoms with Crippen molar-refractivity contribution >= 4 is 0 Å². The Hall–Kier alpha value is -1.92. The third-order valence-corrected chi connectivity index (χ3v) is 2.41. The van der Waals surface area contributed by atoms with Gasteiger partial charge in [-0.2, -0.15) is 18.3 Å². The zero-order valence-electron chi connectivity index (χ0n) is 9.43. The molecule has 0 N–H and O–H groups in total. The summed E-state index contributed by atoms with van der Waals surface area (Å²) >= 11 is 0. The number of halogens is 3. The fourth-order valence-corrected chi connectivity index (χ4v) is 1.59. The standard InChI is InChI=1S/C11H11F3N4/c12-11(13,14)7-18-10(16-8-17-18)2-1-9-3-5-15-6-4-9/h3-6,8H,1-2,7H2. The minimum absolute atomic E-state index is 0.337. The minimum Gasteiger partial charge on any atom is -0.265 e. The fraction of sp³-hybridized carbons (Fsp3) is 0.364. The Morgan fingerprint density at radius 1 is 1.11 bits per heavy atom. The third kappa shape index (κ3) is 3.54. The lowest BCUT2D eigenvalue weighted by atomic mass is 10.1. The number of pyridine rings is 1. The molecule has 0 aliphatic rings. The predicted molar refractivity (Wildman–Crippen MR) is 57.7 cm³/mol. The first-order valence-electron chi connectivity index (χ1n) is 5.37. The molecule has 18 heavy (non-hydrogen) atoms. The molecule has 2 heterocycles. The Bertz CT molecular complexity index is 492. The molecule has 7 heteroatoms. The maximum Gasteiger partial charge on any atom is 0.408 e. The van der Waals surface area contributed by atoms with Crippen LogP contribution in [0.5, 0.6) is 0 Å². The molecule has 0 aliphatic carbocycles. The van der Waals surface area contributed by atoms with Crippen LogP contribution in [0, 0.1) is 0 Å². The molecule has 0 radical (unpaired) electrons. The largest absolute Gasteiger partial charge is 0.408 e. The van der Waals surface area contributed by atoms with Crippen LogP contribution in [0.3, 0.4) is 0 Å². The minimum atomic E-state index is -4.28. The fourth-order valence-electron chi connectivity index (χ4n) is 1.59. The Labute approximate surface area is 101 Å². The molecule has 0 aromatic carbocycles. The maximum atomic E-state index is 12.3. The van der Waals surface area contributed by atoms with Crippen molar-refractivity contribution in [2.45, 2.75) is 25.6 Å². The van der Waals surface area contributed by atoms with Gasteiger partial charge in [0, 0.05) is 18.8 Å². The molecule has 0 spiro atoms. The molecule has 0 unspecified atom stereocenters. The molecule has 0 saturated heterocycles. The molecule has 2 rings (SSSR count). The number of hydrogen-bond donors (Lipinski definition) is 0. The molecule has 0 fully saturated rings. The molecule has 96 valence electrons. The normalized spacial score (nSPS) is 11.7. The van der Waals surface area contributed by atoms with E-state index in [1.165, 1.54) is 0 Å². The van der Waals surface area contributed by atoms with Gasteiger partial charge in [0.2, 0.25) is 0 Å². The summed E-state index contributed by atoms with van der Waals surface area (Å²) in [4.78, 5) is 7.73. The van der Waals surface area contributed by atoms with Crippen molar-refractivity contribution in [1.29, 1.82) is 0 Å². The van der Waals surface area contributed by atoms with Crippen LogP contribution in [0.25, 0.3) is 0 Å². The second kappa shape index (κ2) is 5.16. The van der Waals surface area contributed by atoms with Crippen LogP contribution in [-0.4, -0.2) is 25.9 Å². The molecule has 2 aromatic rings. The molecular weight excluding hydrogens is 245 g/mol. The quantitative estimate of drug-likeness (QED) is 0.840. The molecule has 0 bridgehead atoms. The number of hydrogen-bond acceptors (Lipinski definition) is 3. The van der Waals surface area contributed by atoms with Crippen LogP contribution < -0.4 is 0 Å². The lowest BCUT2D eigenvalue weighted by molar-refractivity contribution is -0.143. The van der Waals surface area contributed by atoms with Gasteiger partial charge in [-0.1, -0.05) is 0 Å². The van der Waals surface area contributed by atoms with Gasteiger partial charge in [0.05, 0.1) is 0 Å². The Morgan fingerprint density at radius 3 is 2.50 bits per heavy atom. The lowest BCUT2D eigenvalue weighted by Crippen LogP contribution is -2.20. The number of rotatable bonds is 4. The van der Waals surface area contributed by atoms with Gasteiger partial charge in [0.15, 0.2) is 0 Å². The van der Waals surface area contributed by atoms with Crippen LogP contribution in [0.2, 0.25) is 0 Å². The molecule has 0 aliphatic heterocycles. The molecular formula is C11H11F3N4. The van der Waals surface area contributed by atoms with Gasteiger partial charge in [-0.05, 0) is 24.1 Å². The number of alkyl halides is 3. The Balaban J connectivity index is 2.00. The summed E-state index contributed by atoms with van der Waals surface area (Å²) in [6.07, 6.45) is 1.19. The van der Waals surface area contributed by atoms with Gasteiger partial charge < -0.3 is 0 Å². The first-order chi connectivity index (χ1) is 8.54. The van der Waals surface area contributed by atoms with E-state index in [1.807, 2.05) is 12.1 Å². The first-order valence-corrected chi connectivity index (χ1v) is 5.37. The second-order valence-corrected chi connectivity index (χ2v) is 3.80. The van der Waals surface area contributed by atoms with Gasteiger partial charge in [-0.3, -0.25) is 4.98 Å². The van der Waals surface area contributed by atoms with Gasteiger partial charge in [0.1, 0.15) is 18.7 Å². The van der Waals surface area contributed by atoms with Gasteiger partial charge in [-0.15, -0.1) is 0 Å². The highest BCUT2D eigenvalue weighted by molar-refractivity contribution is 5.10. The van der Waals surface area contributed by atoms with E-state index in [4.69, 9.17) is 0 Å². The van der Waals surface area contributed by atoms with E-state index in [2.05, 4.69) is 15.1 Å². The van der Waals surface area contributed by atoms with Crippen molar-refractivity contribution in [3.05, 3.63) is 42.2 Å². The van der Waals surface area contributed by atoms with Crippen LogP contribution in [-0.2, 0) is 19.4 Å². The predicted octanol–water partition coefficient (Wildman–Crippen LogP) is 2.02. The summed E-state index contributed by atoms with van der Waals surface area (Å²) < 4.78 is 37.7. The smallest absolute Gasteiger partial charge is 0.265 e. The van der Waals surface area contributed by atoms with Crippen LogP contribution in [0.1, 0.15) is 11.4 Å². The van der Waals surface area contributed by atoms with E-state index in [-0.39, 0.29) is 0 Å². The van der Waals surface area contributed by atoms with E-state index < -0.39 is 12.7 Å². The van der Waals surface area contributed by atoms with E-state index in [1.54, 1.807) is 12.4 Å². The summed E-state index contributed by atoms with van der Waals surface area (Å²) in [5, 5.41) is 3.59. The number of nitrogens with zero attached hydrogens (tertiary/aromatic N) is 4. The van der Waals surface area contributed by atoms with Crippen molar-refractivity contribution in [1.82, 2.24) is 19.7 Å². The van der Waals surface area contributed by atoms with Crippen molar-refractivity contribution < 1.29 is 13.2 Å². The van der Waals surface area contributed by atoms with E-state index >= 15 is 0 Å². The monoisotopic (exact) mass is 256 g/mol. The van der Waals surface area contributed by atoms with Crippen LogP contribution in [0.15, 0.2) is 30.9 Å². The third-order valence-electron chi connectivity index (χ3n) is 2.41. The SMILES string of the molecule is FC(F)(F)Cn1ncnc1CCc1ccncc1. The average molecular weight is 256 g/mol. The van der Waals surface area contributed by atoms with E-state index in [0.29, 0.717) is 18.7 Å². The van der Waals surface area contributed by atoms with Gasteiger partial charge >= 0.3 is 6.18 Å². The summed E-state index contributed by atoms with van der Waals surface area (Å²) in [6.45, 7) is -1.10. The molecule has 4 nitrogen and oxygen atoms in total. The zero-order valence-corrected chi connectivity index (χ0v) is 9.43. The summed E-state index contributed by atoms with van der Waals surface area (Å²) in [7, 11) is 0. The van der Waals surface area contributed by atoms with E-state index in [9.17, 15) is 13.2 Å². The maximum absolute atomic E-state index is 12.3.